The van der Waals surface area contributed by atoms with E-state index in [0.29, 0.717) is 30.0 Å². The maximum Gasteiger partial charge on any atom is 0.177 e. The first-order valence-corrected chi connectivity index (χ1v) is 7.60. The van der Waals surface area contributed by atoms with Gasteiger partial charge in [-0.2, -0.15) is 0 Å². The molecule has 2 heterocycles. The summed E-state index contributed by atoms with van der Waals surface area (Å²) in [5.41, 5.74) is 0.210. The zero-order valence-corrected chi connectivity index (χ0v) is 11.6. The monoisotopic (exact) mass is 252 g/mol. The van der Waals surface area contributed by atoms with Gasteiger partial charge in [0.2, 0.25) is 0 Å². The van der Waals surface area contributed by atoms with E-state index < -0.39 is 0 Å². The van der Waals surface area contributed by atoms with E-state index in [4.69, 9.17) is 14.2 Å². The Balaban J connectivity index is 1.77. The second-order valence-corrected chi connectivity index (χ2v) is 6.78. The van der Waals surface area contributed by atoms with E-state index in [-0.39, 0.29) is 11.2 Å². The molecule has 2 aliphatic heterocycles. The fourth-order valence-electron chi connectivity index (χ4n) is 5.54. The molecule has 0 aromatic carbocycles. The Hall–Kier alpha value is -0.120. The Labute approximate surface area is 109 Å². The molecule has 5 unspecified atom stereocenters. The lowest BCUT2D eigenvalue weighted by Gasteiger charge is -2.69. The third-order valence-electron chi connectivity index (χ3n) is 6.17. The first-order chi connectivity index (χ1) is 8.67. The molecule has 4 rings (SSSR count). The molecule has 18 heavy (non-hydrogen) atoms. The molecule has 0 bridgehead atoms. The summed E-state index contributed by atoms with van der Waals surface area (Å²) in [4.78, 5) is 0. The van der Waals surface area contributed by atoms with Crippen molar-refractivity contribution in [2.45, 2.75) is 58.0 Å². The molecule has 3 heteroatoms. The molecule has 2 saturated carbocycles. The molecule has 1 spiro atoms. The summed E-state index contributed by atoms with van der Waals surface area (Å²) in [5, 5.41) is 0. The minimum Gasteiger partial charge on any atom is -0.369 e. The predicted octanol–water partition coefficient (Wildman–Crippen LogP) is 2.59. The fourth-order valence-corrected chi connectivity index (χ4v) is 5.54. The Morgan fingerprint density at radius 2 is 1.94 bits per heavy atom. The van der Waals surface area contributed by atoms with Gasteiger partial charge in [0.15, 0.2) is 5.79 Å². The van der Waals surface area contributed by atoms with Gasteiger partial charge in [0.25, 0.3) is 0 Å². The van der Waals surface area contributed by atoms with E-state index in [1.807, 2.05) is 0 Å². The van der Waals surface area contributed by atoms with Gasteiger partial charge in [-0.05, 0) is 25.2 Å². The van der Waals surface area contributed by atoms with Crippen molar-refractivity contribution in [2.75, 3.05) is 13.2 Å². The van der Waals surface area contributed by atoms with Crippen molar-refractivity contribution in [3.63, 3.8) is 0 Å². The van der Waals surface area contributed by atoms with Crippen LogP contribution in [0.2, 0.25) is 0 Å². The van der Waals surface area contributed by atoms with Crippen molar-refractivity contribution >= 4 is 0 Å². The number of ether oxygens (including phenoxy) is 3. The average molecular weight is 252 g/mol. The number of hydrogen-bond acceptors (Lipinski definition) is 3. The van der Waals surface area contributed by atoms with Crippen LogP contribution in [-0.2, 0) is 14.2 Å². The average Bonchev–Trinajstić information content (AvgIpc) is 2.92. The summed E-state index contributed by atoms with van der Waals surface area (Å²) in [6, 6.07) is 0. The normalized spacial score (nSPS) is 52.0. The molecule has 4 aliphatic rings. The third-order valence-corrected chi connectivity index (χ3v) is 6.17. The molecule has 3 nitrogen and oxygen atoms in total. The van der Waals surface area contributed by atoms with Crippen LogP contribution in [0.5, 0.6) is 0 Å². The number of hydrogen-bond donors (Lipinski definition) is 0. The topological polar surface area (TPSA) is 31.0 Å². The lowest BCUT2D eigenvalue weighted by atomic mass is 9.40. The van der Waals surface area contributed by atoms with Gasteiger partial charge < -0.3 is 14.2 Å². The Kier molecular flexibility index (Phi) is 2.27. The fraction of sp³-hybridized carbons (Fsp3) is 1.00. The highest BCUT2D eigenvalue weighted by atomic mass is 16.7. The molecule has 0 radical (unpaired) electrons. The largest absolute Gasteiger partial charge is 0.369 e. The Morgan fingerprint density at radius 1 is 1.22 bits per heavy atom. The van der Waals surface area contributed by atoms with Gasteiger partial charge in [0.05, 0.1) is 25.4 Å². The van der Waals surface area contributed by atoms with Crippen LogP contribution < -0.4 is 0 Å². The second-order valence-electron chi connectivity index (χ2n) is 6.78. The third kappa shape index (κ3) is 1.05. The summed E-state index contributed by atoms with van der Waals surface area (Å²) < 4.78 is 18.3. The van der Waals surface area contributed by atoms with E-state index >= 15 is 0 Å². The lowest BCUT2D eigenvalue weighted by Crippen LogP contribution is -2.75. The van der Waals surface area contributed by atoms with Gasteiger partial charge >= 0.3 is 0 Å². The minimum absolute atomic E-state index is 0.210. The molecule has 0 aromatic heterocycles. The van der Waals surface area contributed by atoms with Crippen LogP contribution in [0.15, 0.2) is 0 Å². The van der Waals surface area contributed by atoms with E-state index in [9.17, 15) is 0 Å². The van der Waals surface area contributed by atoms with E-state index in [0.717, 1.165) is 19.6 Å². The molecular formula is C15H24O3. The molecule has 0 aromatic rings. The van der Waals surface area contributed by atoms with Gasteiger partial charge in [-0.15, -0.1) is 0 Å². The highest BCUT2D eigenvalue weighted by Gasteiger charge is 2.80. The molecule has 5 atom stereocenters. The van der Waals surface area contributed by atoms with Crippen molar-refractivity contribution in [2.24, 2.45) is 23.2 Å². The van der Waals surface area contributed by atoms with Crippen LogP contribution in [0.4, 0.5) is 0 Å². The van der Waals surface area contributed by atoms with Gasteiger partial charge in [0.1, 0.15) is 0 Å². The maximum absolute atomic E-state index is 6.20. The van der Waals surface area contributed by atoms with Gasteiger partial charge in [0, 0.05) is 17.3 Å². The lowest BCUT2D eigenvalue weighted by molar-refractivity contribution is -0.390. The van der Waals surface area contributed by atoms with Crippen molar-refractivity contribution in [1.82, 2.24) is 0 Å². The van der Waals surface area contributed by atoms with Crippen LogP contribution in [0.25, 0.3) is 0 Å². The summed E-state index contributed by atoms with van der Waals surface area (Å²) in [5.74, 6) is 1.53. The number of fused-ring (bicyclic) bond motifs is 4. The first-order valence-electron chi connectivity index (χ1n) is 7.60. The summed E-state index contributed by atoms with van der Waals surface area (Å²) in [6.07, 6.45) is 4.61. The molecule has 4 fully saturated rings. The smallest absolute Gasteiger partial charge is 0.177 e. The van der Waals surface area contributed by atoms with E-state index in [1.165, 1.54) is 12.8 Å². The summed E-state index contributed by atoms with van der Waals surface area (Å²) in [6.45, 7) is 8.50. The zero-order valence-electron chi connectivity index (χ0n) is 11.6. The summed E-state index contributed by atoms with van der Waals surface area (Å²) in [7, 11) is 0. The van der Waals surface area contributed by atoms with Crippen LogP contribution in [0.1, 0.15) is 40.0 Å². The van der Waals surface area contributed by atoms with Crippen molar-refractivity contribution in [3.05, 3.63) is 0 Å². The van der Waals surface area contributed by atoms with Crippen LogP contribution in [0.3, 0.4) is 0 Å². The number of rotatable bonds is 2. The second kappa shape index (κ2) is 3.50. The quantitative estimate of drug-likeness (QED) is 0.708. The molecule has 0 amide bonds. The van der Waals surface area contributed by atoms with Crippen molar-refractivity contribution in [3.8, 4) is 0 Å². The SMILES string of the molecule is CCC1C2C3OC3CCC2(C(C)C)C12OCCO2. The van der Waals surface area contributed by atoms with Crippen molar-refractivity contribution < 1.29 is 14.2 Å². The Morgan fingerprint density at radius 3 is 2.56 bits per heavy atom. The Bertz CT molecular complexity index is 361. The van der Waals surface area contributed by atoms with Crippen LogP contribution in [0, 0.1) is 23.2 Å². The van der Waals surface area contributed by atoms with Gasteiger partial charge in [-0.25, -0.2) is 0 Å². The highest BCUT2D eigenvalue weighted by Crippen LogP contribution is 2.74. The maximum atomic E-state index is 6.20. The molecule has 2 aliphatic carbocycles. The molecule has 102 valence electrons. The predicted molar refractivity (Wildman–Crippen MR) is 67.1 cm³/mol. The molecule has 2 saturated heterocycles. The first kappa shape index (κ1) is 11.7. The van der Waals surface area contributed by atoms with Gasteiger partial charge in [-0.1, -0.05) is 20.8 Å². The van der Waals surface area contributed by atoms with Crippen LogP contribution >= 0.6 is 0 Å². The number of epoxide rings is 1. The van der Waals surface area contributed by atoms with Crippen molar-refractivity contribution in [1.29, 1.82) is 0 Å². The summed E-state index contributed by atoms with van der Waals surface area (Å²) >= 11 is 0. The highest BCUT2D eigenvalue weighted by molar-refractivity contribution is 5.24. The van der Waals surface area contributed by atoms with E-state index in [1.54, 1.807) is 0 Å². The minimum atomic E-state index is -0.280. The van der Waals surface area contributed by atoms with Crippen LogP contribution in [-0.4, -0.2) is 31.2 Å². The standard InChI is InChI=1S/C15H24O3/c1-4-10-12-13-11(18-13)5-6-14(12,9(2)3)15(10)16-7-8-17-15/h9-13H,4-8H2,1-3H3. The molecule has 0 N–H and O–H groups in total. The zero-order chi connectivity index (χ0) is 12.5. The molecular weight excluding hydrogens is 228 g/mol. The van der Waals surface area contributed by atoms with E-state index in [2.05, 4.69) is 20.8 Å². The van der Waals surface area contributed by atoms with Gasteiger partial charge in [-0.3, -0.25) is 0 Å².